The zero-order valence-electron chi connectivity index (χ0n) is 15.2. The third kappa shape index (κ3) is 4.51. The minimum absolute atomic E-state index is 0.0566. The van der Waals surface area contributed by atoms with Crippen LogP contribution in [0.3, 0.4) is 0 Å². The van der Waals surface area contributed by atoms with Crippen molar-refractivity contribution in [2.24, 2.45) is 0 Å². The minimum Gasteiger partial charge on any atom is -0.486 e. The van der Waals surface area contributed by atoms with Gasteiger partial charge < -0.3 is 19.3 Å². The van der Waals surface area contributed by atoms with Gasteiger partial charge in [-0.2, -0.15) is 0 Å². The molecule has 0 aliphatic heterocycles. The van der Waals surface area contributed by atoms with Gasteiger partial charge in [0, 0.05) is 19.3 Å². The van der Waals surface area contributed by atoms with Crippen molar-refractivity contribution in [1.82, 2.24) is 15.0 Å². The van der Waals surface area contributed by atoms with Gasteiger partial charge in [0.05, 0.1) is 18.3 Å². The van der Waals surface area contributed by atoms with Crippen molar-refractivity contribution in [1.29, 1.82) is 0 Å². The van der Waals surface area contributed by atoms with Crippen LogP contribution in [0.5, 0.6) is 5.75 Å². The summed E-state index contributed by atoms with van der Waals surface area (Å²) < 4.78 is 10.8. The first-order valence-corrected chi connectivity index (χ1v) is 8.54. The highest BCUT2D eigenvalue weighted by atomic mass is 16.5. The van der Waals surface area contributed by atoms with Crippen LogP contribution in [0.15, 0.2) is 59.3 Å². The average molecular weight is 367 g/mol. The van der Waals surface area contributed by atoms with E-state index in [2.05, 4.69) is 10.1 Å². The van der Waals surface area contributed by atoms with Crippen LogP contribution in [0.1, 0.15) is 40.5 Å². The van der Waals surface area contributed by atoms with E-state index >= 15 is 0 Å². The van der Waals surface area contributed by atoms with Gasteiger partial charge in [-0.15, -0.1) is 0 Å². The van der Waals surface area contributed by atoms with Crippen LogP contribution >= 0.6 is 0 Å². The van der Waals surface area contributed by atoms with Crippen molar-refractivity contribution in [2.45, 2.75) is 26.2 Å². The summed E-state index contributed by atoms with van der Waals surface area (Å²) in [5.74, 6) is 0.781. The first-order chi connectivity index (χ1) is 13.1. The van der Waals surface area contributed by atoms with Crippen LogP contribution in [-0.4, -0.2) is 33.1 Å². The van der Waals surface area contributed by atoms with Gasteiger partial charge in [0.25, 0.3) is 5.91 Å². The lowest BCUT2D eigenvalue weighted by molar-refractivity contribution is 0.0729. The number of aromatic nitrogens is 2. The van der Waals surface area contributed by atoms with E-state index in [0.717, 1.165) is 11.3 Å². The molecule has 1 N–H and O–H groups in total. The Hall–Kier alpha value is -3.19. The number of carbonyl (C=O) groups is 1. The maximum absolute atomic E-state index is 12.6. The highest BCUT2D eigenvalue weighted by molar-refractivity contribution is 5.92. The summed E-state index contributed by atoms with van der Waals surface area (Å²) in [5.41, 5.74) is 1.76. The third-order valence-electron chi connectivity index (χ3n) is 4.26. The quantitative estimate of drug-likeness (QED) is 0.691. The first kappa shape index (κ1) is 18.6. The second-order valence-corrected chi connectivity index (χ2v) is 6.12. The van der Waals surface area contributed by atoms with Crippen LogP contribution in [0, 0.1) is 0 Å². The van der Waals surface area contributed by atoms with Gasteiger partial charge in [-0.1, -0.05) is 23.4 Å². The highest BCUT2D eigenvalue weighted by Crippen LogP contribution is 2.19. The number of ether oxygens (including phenoxy) is 1. The molecule has 1 unspecified atom stereocenters. The van der Waals surface area contributed by atoms with E-state index in [0.29, 0.717) is 11.5 Å². The topological polar surface area (TPSA) is 88.7 Å². The lowest BCUT2D eigenvalue weighted by atomic mass is 10.2. The Morgan fingerprint density at radius 2 is 2.11 bits per heavy atom. The molecule has 1 atom stereocenters. The molecule has 2 aromatic heterocycles. The number of pyridine rings is 1. The summed E-state index contributed by atoms with van der Waals surface area (Å²) in [6, 6.07) is 14.1. The highest BCUT2D eigenvalue weighted by Gasteiger charge is 2.22. The number of rotatable bonds is 7. The fourth-order valence-electron chi connectivity index (χ4n) is 2.55. The molecule has 3 rings (SSSR count). The molecule has 7 nitrogen and oxygen atoms in total. The number of benzene rings is 1. The summed E-state index contributed by atoms with van der Waals surface area (Å²) in [6.07, 6.45) is 1.70. The number of hydrogen-bond donors (Lipinski definition) is 1. The number of aliphatic hydroxyl groups is 1. The zero-order chi connectivity index (χ0) is 19.2. The molecule has 1 aromatic carbocycles. The Labute approximate surface area is 157 Å². The molecular formula is C20H21N3O4. The van der Waals surface area contributed by atoms with E-state index in [4.69, 9.17) is 14.4 Å². The molecule has 0 aliphatic carbocycles. The largest absolute Gasteiger partial charge is 0.486 e. The van der Waals surface area contributed by atoms with Gasteiger partial charge >= 0.3 is 0 Å². The minimum atomic E-state index is -0.259. The van der Waals surface area contributed by atoms with Gasteiger partial charge in [0.1, 0.15) is 12.4 Å². The number of aliphatic hydroxyl groups excluding tert-OH is 1. The summed E-state index contributed by atoms with van der Waals surface area (Å²) in [7, 11) is 1.70. The van der Waals surface area contributed by atoms with Gasteiger partial charge in [0.15, 0.2) is 11.5 Å². The maximum Gasteiger partial charge on any atom is 0.276 e. The molecule has 27 heavy (non-hydrogen) atoms. The molecule has 7 heteroatoms. The van der Waals surface area contributed by atoms with Crippen LogP contribution in [0.4, 0.5) is 0 Å². The van der Waals surface area contributed by atoms with Gasteiger partial charge in [-0.3, -0.25) is 9.78 Å². The first-order valence-electron chi connectivity index (χ1n) is 8.54. The summed E-state index contributed by atoms with van der Waals surface area (Å²) >= 11 is 0. The van der Waals surface area contributed by atoms with Crippen LogP contribution in [0.2, 0.25) is 0 Å². The van der Waals surface area contributed by atoms with Crippen molar-refractivity contribution in [3.05, 3.63) is 77.4 Å². The fraction of sp³-hybridized carbons (Fsp3) is 0.250. The number of amides is 1. The molecule has 0 bridgehead atoms. The predicted molar refractivity (Wildman–Crippen MR) is 97.9 cm³/mol. The molecule has 1 amide bonds. The van der Waals surface area contributed by atoms with E-state index in [1.165, 1.54) is 0 Å². The molecule has 0 saturated carbocycles. The van der Waals surface area contributed by atoms with Gasteiger partial charge in [0.2, 0.25) is 0 Å². The molecular weight excluding hydrogens is 346 g/mol. The Bertz CT molecular complexity index is 895. The van der Waals surface area contributed by atoms with Crippen molar-refractivity contribution in [2.75, 3.05) is 7.05 Å². The van der Waals surface area contributed by atoms with Gasteiger partial charge in [-0.05, 0) is 36.8 Å². The second-order valence-electron chi connectivity index (χ2n) is 6.12. The Morgan fingerprint density at radius 1 is 1.26 bits per heavy atom. The van der Waals surface area contributed by atoms with Gasteiger partial charge in [-0.25, -0.2) is 0 Å². The molecule has 0 fully saturated rings. The lowest BCUT2D eigenvalue weighted by Crippen LogP contribution is -2.30. The molecule has 0 saturated heterocycles. The van der Waals surface area contributed by atoms with Crippen LogP contribution < -0.4 is 4.74 Å². The number of hydrogen-bond acceptors (Lipinski definition) is 6. The van der Waals surface area contributed by atoms with Crippen molar-refractivity contribution >= 4 is 5.91 Å². The predicted octanol–water partition coefficient (Wildman–Crippen LogP) is 2.97. The molecule has 3 aromatic rings. The van der Waals surface area contributed by atoms with E-state index in [1.807, 2.05) is 25.1 Å². The normalized spacial score (nSPS) is 11.8. The van der Waals surface area contributed by atoms with Crippen molar-refractivity contribution in [3.8, 4) is 5.75 Å². The molecule has 0 radical (unpaired) electrons. The standard InChI is InChI=1S/C20H21N3O4/c1-14(18-8-3-4-9-21-18)23(2)20(25)19-11-17(27-22-19)13-26-16-7-5-6-15(10-16)12-24/h3-11,14,24H,12-13H2,1-2H3. The van der Waals surface area contributed by atoms with E-state index in [9.17, 15) is 4.79 Å². The van der Waals surface area contributed by atoms with Crippen molar-refractivity contribution < 1.29 is 19.2 Å². The zero-order valence-corrected chi connectivity index (χ0v) is 15.2. The summed E-state index contributed by atoms with van der Waals surface area (Å²) in [4.78, 5) is 18.5. The lowest BCUT2D eigenvalue weighted by Gasteiger charge is -2.23. The SMILES string of the molecule is CC(c1ccccn1)N(C)C(=O)c1cc(COc2cccc(CO)c2)on1. The second kappa shape index (κ2) is 8.46. The van der Waals surface area contributed by atoms with E-state index in [1.54, 1.807) is 48.5 Å². The van der Waals surface area contributed by atoms with Crippen molar-refractivity contribution in [3.63, 3.8) is 0 Å². The Balaban J connectivity index is 1.63. The number of nitrogens with zero attached hydrogens (tertiary/aromatic N) is 3. The van der Waals surface area contributed by atoms with E-state index < -0.39 is 0 Å². The Morgan fingerprint density at radius 3 is 2.85 bits per heavy atom. The smallest absolute Gasteiger partial charge is 0.276 e. The molecule has 0 spiro atoms. The maximum atomic E-state index is 12.6. The summed E-state index contributed by atoms with van der Waals surface area (Å²) in [6.45, 7) is 1.98. The molecule has 140 valence electrons. The average Bonchev–Trinajstić information content (AvgIpc) is 3.20. The van der Waals surface area contributed by atoms with Crippen LogP contribution in [0.25, 0.3) is 0 Å². The summed E-state index contributed by atoms with van der Waals surface area (Å²) in [5, 5.41) is 13.0. The van der Waals surface area contributed by atoms with E-state index in [-0.39, 0.29) is 30.9 Å². The fourth-order valence-corrected chi connectivity index (χ4v) is 2.55. The monoisotopic (exact) mass is 367 g/mol. The molecule has 0 aliphatic rings. The van der Waals surface area contributed by atoms with Crippen LogP contribution in [-0.2, 0) is 13.2 Å². The Kier molecular flexibility index (Phi) is 5.83. The number of carbonyl (C=O) groups excluding carboxylic acids is 1. The third-order valence-corrected chi connectivity index (χ3v) is 4.26. The molecule has 2 heterocycles.